The Morgan fingerprint density at radius 2 is 2.06 bits per heavy atom. The summed E-state index contributed by atoms with van der Waals surface area (Å²) >= 11 is 0. The molecule has 0 fully saturated rings. The summed E-state index contributed by atoms with van der Waals surface area (Å²) in [5.74, 6) is 1.36. The number of rotatable bonds is 4. The lowest BCUT2D eigenvalue weighted by Crippen LogP contribution is -2.02. The minimum Gasteiger partial charge on any atom is -0.493 e. The Kier molecular flexibility index (Phi) is 3.53. The summed E-state index contributed by atoms with van der Waals surface area (Å²) in [5, 5.41) is 6.94. The van der Waals surface area contributed by atoms with E-state index in [2.05, 4.69) is 10.2 Å². The van der Waals surface area contributed by atoms with E-state index in [0.29, 0.717) is 18.0 Å². The predicted octanol–water partition coefficient (Wildman–Crippen LogP) is 1.86. The normalized spacial score (nSPS) is 10.4. The first-order valence-corrected chi connectivity index (χ1v) is 5.66. The van der Waals surface area contributed by atoms with E-state index >= 15 is 0 Å². The average molecular weight is 247 g/mol. The van der Waals surface area contributed by atoms with Gasteiger partial charge in [-0.05, 0) is 24.6 Å². The first-order valence-electron chi connectivity index (χ1n) is 5.66. The SMILES string of the molecule is COc1cc(-c2cn[nH]c2C)cc(CN)c1OC. The van der Waals surface area contributed by atoms with Crippen LogP contribution in [-0.2, 0) is 6.54 Å². The molecule has 0 spiro atoms. The maximum absolute atomic E-state index is 5.75. The smallest absolute Gasteiger partial charge is 0.165 e. The van der Waals surface area contributed by atoms with E-state index in [9.17, 15) is 0 Å². The lowest BCUT2D eigenvalue weighted by molar-refractivity contribution is 0.352. The minimum atomic E-state index is 0.393. The average Bonchev–Trinajstić information content (AvgIpc) is 2.83. The maximum atomic E-state index is 5.75. The molecule has 1 aromatic carbocycles. The van der Waals surface area contributed by atoms with Crippen molar-refractivity contribution < 1.29 is 9.47 Å². The Hall–Kier alpha value is -2.01. The van der Waals surface area contributed by atoms with Gasteiger partial charge in [-0.2, -0.15) is 5.10 Å². The van der Waals surface area contributed by atoms with Gasteiger partial charge in [-0.15, -0.1) is 0 Å². The van der Waals surface area contributed by atoms with Gasteiger partial charge < -0.3 is 15.2 Å². The summed E-state index contributed by atoms with van der Waals surface area (Å²) in [6.07, 6.45) is 1.79. The third-order valence-electron chi connectivity index (χ3n) is 2.92. The largest absolute Gasteiger partial charge is 0.493 e. The fourth-order valence-corrected chi connectivity index (χ4v) is 1.99. The van der Waals surface area contributed by atoms with Crippen LogP contribution < -0.4 is 15.2 Å². The van der Waals surface area contributed by atoms with Crippen LogP contribution in [0.25, 0.3) is 11.1 Å². The molecule has 96 valence electrons. The third-order valence-corrected chi connectivity index (χ3v) is 2.92. The van der Waals surface area contributed by atoms with Crippen molar-refractivity contribution in [1.82, 2.24) is 10.2 Å². The van der Waals surface area contributed by atoms with E-state index in [1.807, 2.05) is 19.1 Å². The molecule has 0 aliphatic carbocycles. The van der Waals surface area contributed by atoms with Gasteiger partial charge in [0.15, 0.2) is 11.5 Å². The van der Waals surface area contributed by atoms with Crippen LogP contribution in [0.2, 0.25) is 0 Å². The van der Waals surface area contributed by atoms with Crippen molar-refractivity contribution in [2.45, 2.75) is 13.5 Å². The molecule has 5 heteroatoms. The molecule has 0 atom stereocenters. The summed E-state index contributed by atoms with van der Waals surface area (Å²) in [5.41, 5.74) is 9.71. The highest BCUT2D eigenvalue weighted by Crippen LogP contribution is 2.36. The molecule has 1 heterocycles. The van der Waals surface area contributed by atoms with E-state index in [1.54, 1.807) is 20.4 Å². The molecule has 0 saturated heterocycles. The number of aromatic amines is 1. The second-order valence-corrected chi connectivity index (χ2v) is 3.98. The second-order valence-electron chi connectivity index (χ2n) is 3.98. The maximum Gasteiger partial charge on any atom is 0.165 e. The molecular formula is C13H17N3O2. The van der Waals surface area contributed by atoms with Gasteiger partial charge in [0, 0.05) is 23.4 Å². The van der Waals surface area contributed by atoms with Crippen LogP contribution in [0.3, 0.4) is 0 Å². The van der Waals surface area contributed by atoms with Crippen molar-refractivity contribution in [2.75, 3.05) is 14.2 Å². The molecule has 5 nitrogen and oxygen atoms in total. The molecule has 1 aromatic heterocycles. The fraction of sp³-hybridized carbons (Fsp3) is 0.308. The number of methoxy groups -OCH3 is 2. The molecule has 2 rings (SSSR count). The van der Waals surface area contributed by atoms with Crippen LogP contribution in [0, 0.1) is 6.92 Å². The number of hydrogen-bond donors (Lipinski definition) is 2. The van der Waals surface area contributed by atoms with Gasteiger partial charge in [0.2, 0.25) is 0 Å². The van der Waals surface area contributed by atoms with E-state index in [4.69, 9.17) is 15.2 Å². The molecule has 18 heavy (non-hydrogen) atoms. The lowest BCUT2D eigenvalue weighted by Gasteiger charge is -2.14. The van der Waals surface area contributed by atoms with Crippen molar-refractivity contribution >= 4 is 0 Å². The zero-order chi connectivity index (χ0) is 13.1. The molecule has 2 aromatic rings. The highest BCUT2D eigenvalue weighted by atomic mass is 16.5. The zero-order valence-electron chi connectivity index (χ0n) is 10.8. The van der Waals surface area contributed by atoms with Crippen LogP contribution in [0.4, 0.5) is 0 Å². The van der Waals surface area contributed by atoms with Gasteiger partial charge in [-0.3, -0.25) is 5.10 Å². The van der Waals surface area contributed by atoms with Gasteiger partial charge in [-0.25, -0.2) is 0 Å². The zero-order valence-corrected chi connectivity index (χ0v) is 10.8. The van der Waals surface area contributed by atoms with E-state index < -0.39 is 0 Å². The summed E-state index contributed by atoms with van der Waals surface area (Å²) in [6.45, 7) is 2.37. The van der Waals surface area contributed by atoms with Crippen molar-refractivity contribution in [3.63, 3.8) is 0 Å². The molecule has 3 N–H and O–H groups in total. The van der Waals surface area contributed by atoms with Crippen molar-refractivity contribution in [3.05, 3.63) is 29.6 Å². The van der Waals surface area contributed by atoms with Crippen LogP contribution in [0.5, 0.6) is 11.5 Å². The summed E-state index contributed by atoms with van der Waals surface area (Å²) in [4.78, 5) is 0. The summed E-state index contributed by atoms with van der Waals surface area (Å²) in [6, 6.07) is 3.93. The minimum absolute atomic E-state index is 0.393. The topological polar surface area (TPSA) is 73.2 Å². The predicted molar refractivity (Wildman–Crippen MR) is 69.8 cm³/mol. The van der Waals surface area contributed by atoms with E-state index in [-0.39, 0.29) is 0 Å². The first-order chi connectivity index (χ1) is 8.71. The Balaban J connectivity index is 2.60. The summed E-state index contributed by atoms with van der Waals surface area (Å²) < 4.78 is 10.7. The van der Waals surface area contributed by atoms with Crippen molar-refractivity contribution in [2.24, 2.45) is 5.73 Å². The summed E-state index contributed by atoms with van der Waals surface area (Å²) in [7, 11) is 3.23. The standard InChI is InChI=1S/C13H17N3O2/c1-8-11(7-15-16-8)9-4-10(6-14)13(18-3)12(5-9)17-2/h4-5,7H,6,14H2,1-3H3,(H,15,16). The number of nitrogens with one attached hydrogen (secondary N) is 1. The van der Waals surface area contributed by atoms with E-state index in [0.717, 1.165) is 22.4 Å². The highest BCUT2D eigenvalue weighted by Gasteiger charge is 2.14. The van der Waals surface area contributed by atoms with Gasteiger partial charge in [0.05, 0.1) is 20.4 Å². The fourth-order valence-electron chi connectivity index (χ4n) is 1.99. The van der Waals surface area contributed by atoms with Crippen molar-refractivity contribution in [1.29, 1.82) is 0 Å². The van der Waals surface area contributed by atoms with Crippen molar-refractivity contribution in [3.8, 4) is 22.6 Å². The Morgan fingerprint density at radius 3 is 2.56 bits per heavy atom. The number of nitrogens with zero attached hydrogens (tertiary/aromatic N) is 1. The molecule has 0 radical (unpaired) electrons. The first kappa shape index (κ1) is 12.4. The Bertz CT molecular complexity index is 524. The molecule has 0 bridgehead atoms. The van der Waals surface area contributed by atoms with Crippen LogP contribution >= 0.6 is 0 Å². The van der Waals surface area contributed by atoms with Gasteiger partial charge >= 0.3 is 0 Å². The van der Waals surface area contributed by atoms with Crippen LogP contribution in [-0.4, -0.2) is 24.4 Å². The highest BCUT2D eigenvalue weighted by molar-refractivity contribution is 5.70. The number of aryl methyl sites for hydroxylation is 1. The Labute approximate surface area is 106 Å². The van der Waals surface area contributed by atoms with Gasteiger partial charge in [-0.1, -0.05) is 0 Å². The van der Waals surface area contributed by atoms with Crippen LogP contribution in [0.15, 0.2) is 18.3 Å². The van der Waals surface area contributed by atoms with Gasteiger partial charge in [0.25, 0.3) is 0 Å². The van der Waals surface area contributed by atoms with Crippen LogP contribution in [0.1, 0.15) is 11.3 Å². The number of nitrogens with two attached hydrogens (primary N) is 1. The molecule has 0 aliphatic rings. The molecular weight excluding hydrogens is 230 g/mol. The number of ether oxygens (including phenoxy) is 2. The molecule has 0 aliphatic heterocycles. The number of aromatic nitrogens is 2. The molecule has 0 unspecified atom stereocenters. The quantitative estimate of drug-likeness (QED) is 0.865. The lowest BCUT2D eigenvalue weighted by atomic mass is 10.0. The number of H-pyrrole nitrogens is 1. The van der Waals surface area contributed by atoms with Gasteiger partial charge in [0.1, 0.15) is 0 Å². The number of benzene rings is 1. The number of hydrogen-bond acceptors (Lipinski definition) is 4. The third kappa shape index (κ3) is 2.04. The molecule has 0 saturated carbocycles. The molecule has 0 amide bonds. The van der Waals surface area contributed by atoms with E-state index in [1.165, 1.54) is 0 Å². The monoisotopic (exact) mass is 247 g/mol. The second kappa shape index (κ2) is 5.10. The Morgan fingerprint density at radius 1 is 1.28 bits per heavy atom.